The number of nitrogens with zero attached hydrogens (tertiary/aromatic N) is 4. The number of sulfone groups is 2. The fourth-order valence-electron chi connectivity index (χ4n) is 16.3. The van der Waals surface area contributed by atoms with Gasteiger partial charge in [-0.05, 0) is 182 Å². The van der Waals surface area contributed by atoms with E-state index in [4.69, 9.17) is 6.57 Å². The number of carbonyl (C=O) groups is 2. The fourth-order valence-corrected chi connectivity index (χ4v) is 22.3. The Morgan fingerprint density at radius 1 is 0.321 bits per heavy atom. The molecule has 0 amide bonds. The third kappa shape index (κ3) is 10.5. The van der Waals surface area contributed by atoms with Gasteiger partial charge in [0.2, 0.25) is 19.7 Å². The molecule has 0 aliphatic carbocycles. The lowest BCUT2D eigenvalue weighted by molar-refractivity contribution is 0.102. The number of para-hydroxylation sites is 7. The van der Waals surface area contributed by atoms with Gasteiger partial charge >= 0.3 is 0 Å². The Balaban J connectivity index is 0.000000118. The fraction of sp³-hybridized carbons (Fsp3) is 0.110. The monoisotopic (exact) mass is 1470 g/mol. The van der Waals surface area contributed by atoms with Crippen molar-refractivity contribution in [3.8, 4) is 32.7 Å². The third-order valence-corrected chi connectivity index (χ3v) is 28.1. The Hall–Kier alpha value is -11.4. The first-order valence-corrected chi connectivity index (χ1v) is 40.5. The number of rotatable bonds is 6. The number of hydrogen-bond donors (Lipinski definition) is 0. The molecule has 518 valence electrons. The van der Waals surface area contributed by atoms with Crippen LogP contribution in [-0.2, 0) is 35.9 Å². The molecule has 0 N–H and O–H groups in total. The maximum Gasteiger partial charge on any atom is 0.208 e. The van der Waals surface area contributed by atoms with Crippen molar-refractivity contribution in [2.24, 2.45) is 0 Å². The van der Waals surface area contributed by atoms with Crippen LogP contribution in [0.3, 0.4) is 0 Å². The first-order chi connectivity index (χ1) is 51.1. The van der Waals surface area contributed by atoms with Crippen molar-refractivity contribution in [1.82, 2.24) is 0 Å². The molecule has 10 nitrogen and oxygen atoms in total. The first kappa shape index (κ1) is 67.8. The van der Waals surface area contributed by atoms with Crippen LogP contribution in [0.4, 0.5) is 55.5 Å². The van der Waals surface area contributed by atoms with Crippen LogP contribution in [0.2, 0.25) is 0 Å². The molecule has 5 aliphatic heterocycles. The summed E-state index contributed by atoms with van der Waals surface area (Å²) in [5.74, 6) is -0.528. The summed E-state index contributed by atoms with van der Waals surface area (Å²) < 4.78 is 53.3. The van der Waals surface area contributed by atoms with E-state index in [0.717, 1.165) is 82.4 Å². The van der Waals surface area contributed by atoms with Crippen molar-refractivity contribution in [2.75, 3.05) is 14.7 Å². The first-order valence-electron chi connectivity index (χ1n) is 34.9. The van der Waals surface area contributed by atoms with Crippen molar-refractivity contribution in [1.29, 1.82) is 0 Å². The topological polar surface area (TPSA) is 116 Å². The molecule has 0 bridgehead atoms. The van der Waals surface area contributed by atoms with E-state index in [-0.39, 0.29) is 69.6 Å². The van der Waals surface area contributed by atoms with Crippen molar-refractivity contribution in [2.45, 2.75) is 84.3 Å². The lowest BCUT2D eigenvalue weighted by atomic mass is 9.73. The minimum absolute atomic E-state index is 0.0668. The molecule has 0 radical (unpaired) electrons. The lowest BCUT2D eigenvalue weighted by Gasteiger charge is -2.42. The van der Waals surface area contributed by atoms with E-state index in [2.05, 4.69) is 230 Å². The van der Waals surface area contributed by atoms with Crippen molar-refractivity contribution in [3.63, 3.8) is 0 Å². The summed E-state index contributed by atoms with van der Waals surface area (Å²) in [5, 5.41) is 8.39. The molecule has 8 heterocycles. The SMILES string of the molecule is CC1(C)c2ccccc2N(c2ccsc2-c2ccc3c(c2)C(=O)c2ccccc2S3(=O)=O)c2ccccc21.CC1(C)c2ccccc2N(c2sccc2-c2ccc3c(c2)C(=O)c2ccccc2S3(=O)=O)c2ccccc21.[C-]#[N+]c1c(C)cccc1-c1ccsc1N1c2ccccc2C(C)(C)c2ccccc21. The number of thiophene rings is 3. The number of fused-ring (bicyclic) bond motifs is 10. The van der Waals surface area contributed by atoms with Crippen LogP contribution in [-0.4, -0.2) is 28.4 Å². The van der Waals surface area contributed by atoms with Gasteiger partial charge in [0.15, 0.2) is 17.3 Å². The third-order valence-electron chi connectivity index (χ3n) is 21.6. The second-order valence-electron chi connectivity index (χ2n) is 28.6. The Bertz CT molecular complexity index is 5880. The summed E-state index contributed by atoms with van der Waals surface area (Å²) in [6.07, 6.45) is 0. The van der Waals surface area contributed by atoms with Gasteiger partial charge in [-0.1, -0.05) is 205 Å². The lowest BCUT2D eigenvalue weighted by Crippen LogP contribution is -2.30. The summed E-state index contributed by atoms with van der Waals surface area (Å²) in [5.41, 5.74) is 22.4. The van der Waals surface area contributed by atoms with Crippen LogP contribution in [0.25, 0.3) is 37.5 Å². The molecule has 3 aromatic heterocycles. The summed E-state index contributed by atoms with van der Waals surface area (Å²) in [6.45, 7) is 23.4. The number of carbonyl (C=O) groups excluding carboxylic acids is 2. The second kappa shape index (κ2) is 25.5. The van der Waals surface area contributed by atoms with E-state index >= 15 is 0 Å². The number of aryl methyl sites for hydroxylation is 1. The van der Waals surface area contributed by atoms with E-state index < -0.39 is 19.7 Å². The summed E-state index contributed by atoms with van der Waals surface area (Å²) in [7, 11) is -7.54. The zero-order valence-electron chi connectivity index (χ0n) is 58.9. The van der Waals surface area contributed by atoms with Crippen LogP contribution in [0.1, 0.15) is 112 Å². The molecule has 11 aromatic carbocycles. The highest BCUT2D eigenvalue weighted by molar-refractivity contribution is 7.92. The highest BCUT2D eigenvalue weighted by atomic mass is 32.2. The quantitative estimate of drug-likeness (QED) is 0.150. The molecule has 0 fully saturated rings. The number of anilines is 9. The second-order valence-corrected chi connectivity index (χ2v) is 35.0. The van der Waals surface area contributed by atoms with Crippen LogP contribution in [0.15, 0.2) is 303 Å². The molecule has 19 rings (SSSR count). The van der Waals surface area contributed by atoms with E-state index in [1.165, 1.54) is 56.9 Å². The molecule has 0 saturated heterocycles. The van der Waals surface area contributed by atoms with E-state index in [0.29, 0.717) is 0 Å². The summed E-state index contributed by atoms with van der Waals surface area (Å²) >= 11 is 4.93. The molecule has 0 saturated carbocycles. The average Bonchev–Trinajstić information content (AvgIpc) is 1.16. The Morgan fingerprint density at radius 2 is 0.660 bits per heavy atom. The predicted molar refractivity (Wildman–Crippen MR) is 431 cm³/mol. The summed E-state index contributed by atoms with van der Waals surface area (Å²) in [4.78, 5) is 38.9. The predicted octanol–water partition coefficient (Wildman–Crippen LogP) is 24.2. The van der Waals surface area contributed by atoms with E-state index in [9.17, 15) is 26.4 Å². The average molecular weight is 1470 g/mol. The molecular formula is C91H68N4O6S5. The van der Waals surface area contributed by atoms with Gasteiger partial charge in [0, 0.05) is 49.6 Å². The zero-order valence-corrected chi connectivity index (χ0v) is 63.0. The van der Waals surface area contributed by atoms with Gasteiger partial charge in [-0.25, -0.2) is 21.7 Å². The minimum Gasteiger partial charge on any atom is -0.308 e. The van der Waals surface area contributed by atoms with Crippen LogP contribution in [0, 0.1) is 13.5 Å². The van der Waals surface area contributed by atoms with Gasteiger partial charge in [-0.2, -0.15) is 0 Å². The van der Waals surface area contributed by atoms with Gasteiger partial charge in [0.05, 0.1) is 70.8 Å². The van der Waals surface area contributed by atoms with Gasteiger partial charge in [0.25, 0.3) is 0 Å². The normalized spacial score (nSPS) is 15.6. The molecule has 0 unspecified atom stereocenters. The van der Waals surface area contributed by atoms with Crippen molar-refractivity contribution in [3.05, 3.63) is 356 Å². The highest BCUT2D eigenvalue weighted by Crippen LogP contribution is 2.59. The minimum atomic E-state index is -3.77. The number of benzene rings is 11. The standard InChI is InChI=1S/2C32H23NO3S2.C27H22N2S/c1-32(2)24-10-4-6-12-26(24)33(27-13-7-5-11-25(27)32)31-21(17-18-37-31)20-15-16-29-23(19-20)30(34)22-9-3-8-14-28(22)38(29,35)36;1-32(2)23-10-4-6-12-25(23)33(26-13-7-5-11-24(26)32)27-17-18-37-31(27)20-15-16-29-22(19-20)30(34)21-9-3-8-14-28(21)38(29,35)36;1-18-10-9-11-19(25(18)28-4)20-16-17-30-26(20)29-23-14-7-5-12-21(23)27(2,3)22-13-6-8-15-24(22)29/h2*3-19H,1-2H3;5-17H,1-3H3. The van der Waals surface area contributed by atoms with E-state index in [1.54, 1.807) is 94.7 Å². The smallest absolute Gasteiger partial charge is 0.208 e. The molecule has 5 aliphatic rings. The number of hydrogen-bond acceptors (Lipinski definition) is 12. The zero-order chi connectivity index (χ0) is 73.3. The Morgan fingerprint density at radius 3 is 1.09 bits per heavy atom. The van der Waals surface area contributed by atoms with Gasteiger partial charge in [0.1, 0.15) is 10.0 Å². The maximum atomic E-state index is 13.4. The Labute approximate surface area is 629 Å². The molecule has 14 aromatic rings. The van der Waals surface area contributed by atoms with Gasteiger partial charge in [-0.15, -0.1) is 34.0 Å². The van der Waals surface area contributed by atoms with E-state index in [1.807, 2.05) is 48.0 Å². The van der Waals surface area contributed by atoms with Crippen LogP contribution < -0.4 is 14.7 Å². The van der Waals surface area contributed by atoms with Crippen LogP contribution >= 0.6 is 34.0 Å². The molecule has 0 spiro atoms. The molecular weight excluding hydrogens is 1410 g/mol. The van der Waals surface area contributed by atoms with Gasteiger partial charge < -0.3 is 14.7 Å². The van der Waals surface area contributed by atoms with Gasteiger partial charge in [-0.3, -0.25) is 9.59 Å². The maximum absolute atomic E-state index is 13.4. The van der Waals surface area contributed by atoms with Crippen LogP contribution in [0.5, 0.6) is 0 Å². The molecule has 0 atom stereocenters. The number of ketones is 2. The largest absolute Gasteiger partial charge is 0.308 e. The molecule has 106 heavy (non-hydrogen) atoms. The van der Waals surface area contributed by atoms with Crippen molar-refractivity contribution >= 4 is 121 Å². The van der Waals surface area contributed by atoms with Crippen molar-refractivity contribution < 1.29 is 26.4 Å². The molecule has 15 heteroatoms. The summed E-state index contributed by atoms with van der Waals surface area (Å²) in [6, 6.07) is 86.8. The highest BCUT2D eigenvalue weighted by Gasteiger charge is 2.43. The Kier molecular flexibility index (Phi) is 16.3.